The quantitative estimate of drug-likeness (QED) is 0.174. The van der Waals surface area contributed by atoms with Gasteiger partial charge in [-0.3, -0.25) is 14.4 Å². The van der Waals surface area contributed by atoms with Crippen LogP contribution in [-0.2, 0) is 4.74 Å². The number of pyridine rings is 2. The molecule has 44 heavy (non-hydrogen) atoms. The Bertz CT molecular complexity index is 1760. The number of benzene rings is 2. The Morgan fingerprint density at radius 3 is 2.55 bits per heavy atom. The van der Waals surface area contributed by atoms with Crippen LogP contribution in [0.4, 0.5) is 10.5 Å². The van der Waals surface area contributed by atoms with Gasteiger partial charge in [0.05, 0.1) is 12.6 Å². The Balaban J connectivity index is 1.51. The average Bonchev–Trinajstić information content (AvgIpc) is 2.96. The van der Waals surface area contributed by atoms with Gasteiger partial charge in [-0.1, -0.05) is 35.9 Å². The van der Waals surface area contributed by atoms with E-state index in [9.17, 15) is 19.2 Å². The Labute approximate surface area is 260 Å². The van der Waals surface area contributed by atoms with E-state index >= 15 is 0 Å². The molecular formula is C33H35ClN4O6. The summed E-state index contributed by atoms with van der Waals surface area (Å²) < 4.78 is 10.4. The summed E-state index contributed by atoms with van der Waals surface area (Å²) in [6.07, 6.45) is 1.57. The van der Waals surface area contributed by atoms with Gasteiger partial charge in [-0.25, -0.2) is 9.78 Å². The number of aryl methyl sites for hydroxylation is 1. The van der Waals surface area contributed by atoms with Crippen LogP contribution in [0, 0.1) is 6.92 Å². The molecule has 1 unspecified atom stereocenters. The molecule has 0 saturated carbocycles. The van der Waals surface area contributed by atoms with E-state index in [0.29, 0.717) is 45.0 Å². The molecule has 2 amide bonds. The third kappa shape index (κ3) is 8.44. The molecule has 3 N–H and O–H groups in total. The predicted molar refractivity (Wildman–Crippen MR) is 170 cm³/mol. The second-order valence-corrected chi connectivity index (χ2v) is 11.8. The first kappa shape index (κ1) is 32.2. The summed E-state index contributed by atoms with van der Waals surface area (Å²) in [5.74, 6) is -0.703. The summed E-state index contributed by atoms with van der Waals surface area (Å²) in [5, 5.41) is 6.62. The number of Topliss-reactive ketones (excluding diaryl/α,β-unsaturated/α-hetero) is 1. The zero-order valence-corrected chi connectivity index (χ0v) is 26.0. The number of ether oxygens (including phenoxy) is 2. The highest BCUT2D eigenvalue weighted by atomic mass is 35.5. The van der Waals surface area contributed by atoms with E-state index in [2.05, 4.69) is 20.6 Å². The van der Waals surface area contributed by atoms with Crippen LogP contribution in [0.1, 0.15) is 71.4 Å². The lowest BCUT2D eigenvalue weighted by Gasteiger charge is -2.21. The molecule has 0 fully saturated rings. The molecule has 230 valence electrons. The van der Waals surface area contributed by atoms with E-state index in [1.165, 1.54) is 19.4 Å². The first-order valence-electron chi connectivity index (χ1n) is 14.1. The van der Waals surface area contributed by atoms with Crippen LogP contribution in [0.15, 0.2) is 65.6 Å². The topological polar surface area (TPSA) is 139 Å². The molecular weight excluding hydrogens is 584 g/mol. The molecule has 10 nitrogen and oxygen atoms in total. The van der Waals surface area contributed by atoms with Crippen LogP contribution in [0.25, 0.3) is 10.9 Å². The lowest BCUT2D eigenvalue weighted by atomic mass is 9.88. The third-order valence-corrected chi connectivity index (χ3v) is 7.11. The van der Waals surface area contributed by atoms with Crippen molar-refractivity contribution in [3.8, 4) is 5.88 Å². The number of fused-ring (bicyclic) bond motifs is 1. The maximum Gasteiger partial charge on any atom is 0.407 e. The van der Waals surface area contributed by atoms with Gasteiger partial charge in [-0.2, -0.15) is 0 Å². The molecule has 0 aliphatic heterocycles. The maximum atomic E-state index is 13.5. The zero-order valence-electron chi connectivity index (χ0n) is 25.2. The van der Waals surface area contributed by atoms with Crippen molar-refractivity contribution in [1.82, 2.24) is 15.3 Å². The number of nitrogens with one attached hydrogen (secondary N) is 3. The number of methoxy groups -OCH3 is 1. The number of anilines is 1. The number of aromatic amines is 1. The van der Waals surface area contributed by atoms with Crippen molar-refractivity contribution >= 4 is 46.0 Å². The van der Waals surface area contributed by atoms with Crippen LogP contribution in [0.3, 0.4) is 0 Å². The molecule has 0 radical (unpaired) electrons. The number of hydrogen-bond acceptors (Lipinski definition) is 7. The molecule has 2 aromatic carbocycles. The Hall–Kier alpha value is -4.70. The number of aromatic nitrogens is 2. The number of ketones is 1. The molecule has 2 aromatic heterocycles. The number of H-pyrrole nitrogens is 1. The van der Waals surface area contributed by atoms with E-state index in [1.54, 1.807) is 64.1 Å². The Morgan fingerprint density at radius 1 is 1.07 bits per heavy atom. The summed E-state index contributed by atoms with van der Waals surface area (Å²) >= 11 is 6.25. The van der Waals surface area contributed by atoms with Crippen molar-refractivity contribution in [1.29, 1.82) is 0 Å². The average molecular weight is 619 g/mol. The standard InChI is InChI=1S/C33H35ClN4O6/c1-19-9-10-22(15-26(19)37-30(40)25-14-23-18-36-29(43-5)17-27(23)38-31(25)41)28(39)16-21(20-7-6-8-24(34)13-20)11-12-35-32(42)44-33(2,3)4/h6-10,13-15,17-18,21H,11-12,16H2,1-5H3,(H,35,42)(H,37,40)(H,38,41). The van der Waals surface area contributed by atoms with Gasteiger partial charge in [0.2, 0.25) is 5.88 Å². The van der Waals surface area contributed by atoms with Crippen LogP contribution >= 0.6 is 11.6 Å². The molecule has 0 bridgehead atoms. The second kappa shape index (κ2) is 13.7. The maximum absolute atomic E-state index is 13.5. The minimum atomic E-state index is -0.627. The predicted octanol–water partition coefficient (Wildman–Crippen LogP) is 6.42. The fourth-order valence-corrected chi connectivity index (χ4v) is 4.83. The van der Waals surface area contributed by atoms with E-state index in [-0.39, 0.29) is 30.2 Å². The molecule has 0 spiro atoms. The minimum Gasteiger partial charge on any atom is -0.481 e. The number of nitrogens with zero attached hydrogens (tertiary/aromatic N) is 1. The fourth-order valence-electron chi connectivity index (χ4n) is 4.63. The van der Waals surface area contributed by atoms with E-state index < -0.39 is 23.2 Å². The summed E-state index contributed by atoms with van der Waals surface area (Å²) in [6.45, 7) is 7.44. The molecule has 11 heteroatoms. The van der Waals surface area contributed by atoms with Gasteiger partial charge < -0.3 is 25.1 Å². The number of alkyl carbamates (subject to hydrolysis) is 1. The summed E-state index contributed by atoms with van der Waals surface area (Å²) in [6, 6.07) is 15.3. The van der Waals surface area contributed by atoms with Crippen molar-refractivity contribution < 1.29 is 23.9 Å². The number of amides is 2. The highest BCUT2D eigenvalue weighted by Gasteiger charge is 2.21. The smallest absolute Gasteiger partial charge is 0.407 e. The van der Waals surface area contributed by atoms with Crippen molar-refractivity contribution in [3.05, 3.63) is 98.4 Å². The molecule has 4 aromatic rings. The van der Waals surface area contributed by atoms with Gasteiger partial charge in [0.1, 0.15) is 11.2 Å². The van der Waals surface area contributed by atoms with Crippen LogP contribution in [0.5, 0.6) is 5.88 Å². The van der Waals surface area contributed by atoms with E-state index in [1.807, 2.05) is 12.1 Å². The highest BCUT2D eigenvalue weighted by Crippen LogP contribution is 2.28. The second-order valence-electron chi connectivity index (χ2n) is 11.4. The van der Waals surface area contributed by atoms with Crippen molar-refractivity contribution in [2.75, 3.05) is 19.0 Å². The van der Waals surface area contributed by atoms with Gasteiger partial charge in [0, 0.05) is 46.9 Å². The fraction of sp³-hybridized carbons (Fsp3) is 0.303. The van der Waals surface area contributed by atoms with Crippen molar-refractivity contribution in [3.63, 3.8) is 0 Å². The van der Waals surface area contributed by atoms with Gasteiger partial charge in [0.15, 0.2) is 5.78 Å². The number of hydrogen-bond donors (Lipinski definition) is 3. The largest absolute Gasteiger partial charge is 0.481 e. The zero-order chi connectivity index (χ0) is 32.0. The van der Waals surface area contributed by atoms with Crippen LogP contribution < -0.4 is 20.9 Å². The molecule has 2 heterocycles. The summed E-state index contributed by atoms with van der Waals surface area (Å²) in [5.41, 5.74) is 1.56. The normalized spacial score (nSPS) is 12.0. The van der Waals surface area contributed by atoms with Gasteiger partial charge >= 0.3 is 6.09 Å². The molecule has 0 aliphatic carbocycles. The van der Waals surface area contributed by atoms with Crippen LogP contribution in [-0.4, -0.2) is 47.0 Å². The SMILES string of the molecule is COc1cc2[nH]c(=O)c(C(=O)Nc3cc(C(=O)CC(CCNC(=O)OC(C)(C)C)c4cccc(Cl)c4)ccc3C)cc2cn1. The monoisotopic (exact) mass is 618 g/mol. The number of rotatable bonds is 10. The molecule has 4 rings (SSSR count). The van der Waals surface area contributed by atoms with Gasteiger partial charge in [0.25, 0.3) is 11.5 Å². The van der Waals surface area contributed by atoms with E-state index in [0.717, 1.165) is 5.56 Å². The van der Waals surface area contributed by atoms with Gasteiger partial charge in [-0.15, -0.1) is 0 Å². The summed E-state index contributed by atoms with van der Waals surface area (Å²) in [4.78, 5) is 58.4. The first-order chi connectivity index (χ1) is 20.8. The number of carbonyl (C=O) groups excluding carboxylic acids is 3. The number of halogens is 1. The third-order valence-electron chi connectivity index (χ3n) is 6.88. The van der Waals surface area contributed by atoms with Crippen molar-refractivity contribution in [2.45, 2.75) is 52.1 Å². The van der Waals surface area contributed by atoms with Crippen molar-refractivity contribution in [2.24, 2.45) is 0 Å². The van der Waals surface area contributed by atoms with E-state index in [4.69, 9.17) is 21.1 Å². The molecule has 0 aliphatic rings. The first-order valence-corrected chi connectivity index (χ1v) is 14.5. The Morgan fingerprint density at radius 2 is 1.84 bits per heavy atom. The van der Waals surface area contributed by atoms with Crippen LogP contribution in [0.2, 0.25) is 5.02 Å². The molecule has 1 atom stereocenters. The Kier molecular flexibility index (Phi) is 10.1. The molecule has 0 saturated heterocycles. The van der Waals surface area contributed by atoms with Gasteiger partial charge in [-0.05, 0) is 75.4 Å². The lowest BCUT2D eigenvalue weighted by Crippen LogP contribution is -2.33. The number of carbonyl (C=O) groups is 3. The lowest BCUT2D eigenvalue weighted by molar-refractivity contribution is 0.0526. The highest BCUT2D eigenvalue weighted by molar-refractivity contribution is 6.30. The minimum absolute atomic E-state index is 0.0981. The summed E-state index contributed by atoms with van der Waals surface area (Å²) in [7, 11) is 1.47.